The number of aryl methyl sites for hydroxylation is 1. The molecule has 0 spiro atoms. The second kappa shape index (κ2) is 6.11. The van der Waals surface area contributed by atoms with Crippen molar-refractivity contribution in [3.63, 3.8) is 0 Å². The molecule has 5 nitrogen and oxygen atoms in total. The quantitative estimate of drug-likeness (QED) is 0.669. The Hall–Kier alpha value is -2.11. The van der Waals surface area contributed by atoms with Crippen LogP contribution in [-0.4, -0.2) is 10.8 Å². The van der Waals surface area contributed by atoms with Gasteiger partial charge >= 0.3 is 0 Å². The summed E-state index contributed by atoms with van der Waals surface area (Å²) in [7, 11) is 0. The number of carbonyl (C=O) groups is 1. The fraction of sp³-hybridized carbons (Fsp3) is 0.0714. The number of benzene rings is 2. The first-order valence-electron chi connectivity index (χ1n) is 5.90. The van der Waals surface area contributed by atoms with E-state index in [1.807, 2.05) is 0 Å². The molecule has 7 heteroatoms. The minimum atomic E-state index is -0.498. The Morgan fingerprint density at radius 2 is 1.81 bits per heavy atom. The van der Waals surface area contributed by atoms with Gasteiger partial charge in [0, 0.05) is 17.2 Å². The first-order valence-corrected chi connectivity index (χ1v) is 6.66. The van der Waals surface area contributed by atoms with Gasteiger partial charge < -0.3 is 5.32 Å². The first kappa shape index (κ1) is 15.3. The van der Waals surface area contributed by atoms with Crippen molar-refractivity contribution < 1.29 is 9.72 Å². The van der Waals surface area contributed by atoms with Crippen molar-refractivity contribution in [1.29, 1.82) is 0 Å². The van der Waals surface area contributed by atoms with Crippen molar-refractivity contribution in [2.24, 2.45) is 0 Å². The Morgan fingerprint density at radius 3 is 2.33 bits per heavy atom. The third-order valence-electron chi connectivity index (χ3n) is 2.86. The molecule has 21 heavy (non-hydrogen) atoms. The normalized spacial score (nSPS) is 10.2. The van der Waals surface area contributed by atoms with Crippen molar-refractivity contribution in [2.75, 3.05) is 5.32 Å². The van der Waals surface area contributed by atoms with Crippen LogP contribution in [0.15, 0.2) is 36.4 Å². The topological polar surface area (TPSA) is 72.2 Å². The number of amides is 1. The van der Waals surface area contributed by atoms with Gasteiger partial charge in [-0.05, 0) is 31.2 Å². The summed E-state index contributed by atoms with van der Waals surface area (Å²) < 4.78 is 0. The number of nitrogens with one attached hydrogen (secondary N) is 1. The van der Waals surface area contributed by atoms with Gasteiger partial charge in [0.05, 0.1) is 20.7 Å². The summed E-state index contributed by atoms with van der Waals surface area (Å²) >= 11 is 11.9. The van der Waals surface area contributed by atoms with E-state index in [1.165, 1.54) is 18.2 Å². The second-order valence-corrected chi connectivity index (χ2v) is 5.12. The first-order chi connectivity index (χ1) is 9.90. The average Bonchev–Trinajstić information content (AvgIpc) is 2.42. The summed E-state index contributed by atoms with van der Waals surface area (Å²) in [6, 6.07) is 8.98. The fourth-order valence-electron chi connectivity index (χ4n) is 1.80. The zero-order chi connectivity index (χ0) is 15.6. The highest BCUT2D eigenvalue weighted by Gasteiger charge is 2.15. The van der Waals surface area contributed by atoms with Crippen LogP contribution in [0.1, 0.15) is 15.9 Å². The summed E-state index contributed by atoms with van der Waals surface area (Å²) in [4.78, 5) is 22.4. The highest BCUT2D eigenvalue weighted by Crippen LogP contribution is 2.30. The highest BCUT2D eigenvalue weighted by atomic mass is 35.5. The number of nitro groups is 1. The highest BCUT2D eigenvalue weighted by molar-refractivity contribution is 6.40. The maximum atomic E-state index is 12.2. The molecule has 2 rings (SSSR count). The van der Waals surface area contributed by atoms with Gasteiger partial charge in [-0.2, -0.15) is 0 Å². The molecule has 0 saturated heterocycles. The van der Waals surface area contributed by atoms with Gasteiger partial charge in [0.2, 0.25) is 0 Å². The van der Waals surface area contributed by atoms with E-state index >= 15 is 0 Å². The molecule has 0 aliphatic heterocycles. The number of anilines is 1. The molecule has 0 fully saturated rings. The molecule has 0 unspecified atom stereocenters. The zero-order valence-electron chi connectivity index (χ0n) is 10.9. The standard InChI is InChI=1S/C14H10Cl2N2O3/c1-8-7-9(5-6-12(8)18(20)21)14(19)17-13-10(15)3-2-4-11(13)16/h2-7H,1H3,(H,17,19). The molecule has 0 heterocycles. The third kappa shape index (κ3) is 3.32. The molecule has 0 aromatic heterocycles. The van der Waals surface area contributed by atoms with E-state index in [0.29, 0.717) is 21.3 Å². The average molecular weight is 325 g/mol. The maximum absolute atomic E-state index is 12.2. The Kier molecular flexibility index (Phi) is 4.45. The molecule has 0 saturated carbocycles. The Morgan fingerprint density at radius 1 is 1.19 bits per heavy atom. The minimum Gasteiger partial charge on any atom is -0.319 e. The van der Waals surface area contributed by atoms with E-state index in [9.17, 15) is 14.9 Å². The molecule has 1 amide bonds. The molecular formula is C14H10Cl2N2O3. The molecule has 0 bridgehead atoms. The van der Waals surface area contributed by atoms with Gasteiger partial charge in [0.1, 0.15) is 0 Å². The summed E-state index contributed by atoms with van der Waals surface area (Å²) in [6.07, 6.45) is 0. The number of carbonyl (C=O) groups excluding carboxylic acids is 1. The van der Waals surface area contributed by atoms with E-state index < -0.39 is 10.8 Å². The van der Waals surface area contributed by atoms with E-state index in [1.54, 1.807) is 25.1 Å². The Balaban J connectivity index is 2.29. The number of para-hydroxylation sites is 1. The SMILES string of the molecule is Cc1cc(C(=O)Nc2c(Cl)cccc2Cl)ccc1[N+](=O)[O-]. The van der Waals surface area contributed by atoms with E-state index in [-0.39, 0.29) is 11.3 Å². The van der Waals surface area contributed by atoms with Crippen LogP contribution in [0.5, 0.6) is 0 Å². The van der Waals surface area contributed by atoms with Crippen LogP contribution in [0.25, 0.3) is 0 Å². The molecular weight excluding hydrogens is 315 g/mol. The van der Waals surface area contributed by atoms with E-state index in [0.717, 1.165) is 0 Å². The van der Waals surface area contributed by atoms with Gasteiger partial charge in [0.15, 0.2) is 0 Å². The molecule has 2 aromatic rings. The van der Waals surface area contributed by atoms with Crippen LogP contribution in [0.3, 0.4) is 0 Å². The summed E-state index contributed by atoms with van der Waals surface area (Å²) in [5.74, 6) is -0.442. The van der Waals surface area contributed by atoms with Gasteiger partial charge in [0.25, 0.3) is 11.6 Å². The summed E-state index contributed by atoms with van der Waals surface area (Å²) in [5, 5.41) is 14.0. The van der Waals surface area contributed by atoms with Crippen molar-refractivity contribution >= 4 is 40.5 Å². The molecule has 108 valence electrons. The monoisotopic (exact) mass is 324 g/mol. The van der Waals surface area contributed by atoms with Gasteiger partial charge in [-0.25, -0.2) is 0 Å². The molecule has 0 aliphatic carbocycles. The number of rotatable bonds is 3. The van der Waals surface area contributed by atoms with Crippen molar-refractivity contribution in [2.45, 2.75) is 6.92 Å². The summed E-state index contributed by atoms with van der Waals surface area (Å²) in [6.45, 7) is 1.57. The van der Waals surface area contributed by atoms with Crippen LogP contribution in [-0.2, 0) is 0 Å². The maximum Gasteiger partial charge on any atom is 0.272 e. The van der Waals surface area contributed by atoms with Crippen molar-refractivity contribution in [1.82, 2.24) is 0 Å². The lowest BCUT2D eigenvalue weighted by molar-refractivity contribution is -0.385. The van der Waals surface area contributed by atoms with Crippen LogP contribution in [0, 0.1) is 17.0 Å². The van der Waals surface area contributed by atoms with E-state index in [4.69, 9.17) is 23.2 Å². The fourth-order valence-corrected chi connectivity index (χ4v) is 2.30. The number of nitro benzene ring substituents is 1. The number of halogens is 2. The second-order valence-electron chi connectivity index (χ2n) is 4.31. The number of nitrogens with zero attached hydrogens (tertiary/aromatic N) is 1. The van der Waals surface area contributed by atoms with Crippen LogP contribution in [0.4, 0.5) is 11.4 Å². The van der Waals surface area contributed by atoms with Gasteiger partial charge in [-0.15, -0.1) is 0 Å². The third-order valence-corrected chi connectivity index (χ3v) is 3.49. The molecule has 0 atom stereocenters. The smallest absolute Gasteiger partial charge is 0.272 e. The predicted octanol–water partition coefficient (Wildman–Crippen LogP) is 4.46. The van der Waals surface area contributed by atoms with Crippen LogP contribution in [0.2, 0.25) is 10.0 Å². The van der Waals surface area contributed by atoms with Crippen molar-refractivity contribution in [3.8, 4) is 0 Å². The van der Waals surface area contributed by atoms with Gasteiger partial charge in [-0.1, -0.05) is 29.3 Å². The minimum absolute atomic E-state index is 0.0395. The Labute approximate surface area is 130 Å². The predicted molar refractivity (Wildman–Crippen MR) is 82.2 cm³/mol. The molecule has 0 aliphatic rings. The zero-order valence-corrected chi connectivity index (χ0v) is 12.4. The van der Waals surface area contributed by atoms with Gasteiger partial charge in [-0.3, -0.25) is 14.9 Å². The lowest BCUT2D eigenvalue weighted by atomic mass is 10.1. The number of hydrogen-bond donors (Lipinski definition) is 1. The van der Waals surface area contributed by atoms with Crippen molar-refractivity contribution in [3.05, 3.63) is 67.7 Å². The molecule has 2 aromatic carbocycles. The van der Waals surface area contributed by atoms with E-state index in [2.05, 4.69) is 5.32 Å². The summed E-state index contributed by atoms with van der Waals surface area (Å²) in [5.41, 5.74) is 0.955. The van der Waals surface area contributed by atoms with Crippen LogP contribution >= 0.6 is 23.2 Å². The molecule has 1 N–H and O–H groups in total. The number of hydrogen-bond acceptors (Lipinski definition) is 3. The lowest BCUT2D eigenvalue weighted by Gasteiger charge is -2.09. The largest absolute Gasteiger partial charge is 0.319 e. The molecule has 0 radical (unpaired) electrons. The lowest BCUT2D eigenvalue weighted by Crippen LogP contribution is -2.13. The Bertz CT molecular complexity index is 712. The van der Waals surface area contributed by atoms with Crippen LogP contribution < -0.4 is 5.32 Å².